The van der Waals surface area contributed by atoms with E-state index < -0.39 is 0 Å². The summed E-state index contributed by atoms with van der Waals surface area (Å²) in [4.78, 5) is 0. The van der Waals surface area contributed by atoms with Gasteiger partial charge >= 0.3 is 0 Å². The maximum absolute atomic E-state index is 2.61. The van der Waals surface area contributed by atoms with Crippen molar-refractivity contribution in [3.63, 3.8) is 0 Å². The molecule has 1 spiro atoms. The van der Waals surface area contributed by atoms with E-state index in [1.807, 2.05) is 0 Å². The molecule has 0 saturated carbocycles. The van der Waals surface area contributed by atoms with Crippen LogP contribution in [0.2, 0.25) is 0 Å². The van der Waals surface area contributed by atoms with Crippen molar-refractivity contribution in [1.29, 1.82) is 0 Å². The molecule has 6 aliphatic carbocycles. The number of rotatable bonds is 6. The lowest BCUT2D eigenvalue weighted by Gasteiger charge is -2.33. The molecule has 0 heterocycles. The van der Waals surface area contributed by atoms with E-state index in [1.54, 1.807) is 5.57 Å². The van der Waals surface area contributed by atoms with Crippen LogP contribution >= 0.6 is 0 Å². The highest BCUT2D eigenvalue weighted by atomic mass is 14.5. The van der Waals surface area contributed by atoms with Crippen molar-refractivity contribution < 1.29 is 0 Å². The Bertz CT molecular complexity index is 2530. The second-order valence-electron chi connectivity index (χ2n) is 17.4. The molecule has 0 bridgehead atoms. The van der Waals surface area contributed by atoms with Gasteiger partial charge < -0.3 is 0 Å². The van der Waals surface area contributed by atoms with Crippen LogP contribution in [0.1, 0.15) is 90.8 Å². The molecule has 5 aromatic carbocycles. The Morgan fingerprint density at radius 3 is 1.93 bits per heavy atom. The zero-order valence-corrected chi connectivity index (χ0v) is 32.0. The average molecular weight is 709 g/mol. The summed E-state index contributed by atoms with van der Waals surface area (Å²) in [5.41, 5.74) is 20.2. The van der Waals surface area contributed by atoms with Crippen molar-refractivity contribution in [2.75, 3.05) is 0 Å². The molecule has 0 amide bonds. The Morgan fingerprint density at radius 1 is 0.600 bits per heavy atom. The molecule has 0 radical (unpaired) electrons. The molecule has 0 nitrogen and oxygen atoms in total. The Morgan fingerprint density at radius 2 is 1.24 bits per heavy atom. The summed E-state index contributed by atoms with van der Waals surface area (Å²) in [6.07, 6.45) is 27.4. The topological polar surface area (TPSA) is 0 Å². The smallest absolute Gasteiger partial charge is 0.0725 e. The predicted octanol–water partition coefficient (Wildman–Crippen LogP) is 13.8. The van der Waals surface area contributed by atoms with Crippen molar-refractivity contribution in [3.8, 4) is 22.3 Å². The van der Waals surface area contributed by atoms with E-state index in [0.717, 1.165) is 32.1 Å². The Labute approximate surface area is 327 Å². The quantitative estimate of drug-likeness (QED) is 0.161. The number of hydrogen-bond acceptors (Lipinski definition) is 0. The third-order valence-electron chi connectivity index (χ3n) is 14.5. The number of benzene rings is 5. The zero-order valence-electron chi connectivity index (χ0n) is 32.0. The van der Waals surface area contributed by atoms with Crippen molar-refractivity contribution >= 4 is 5.57 Å². The van der Waals surface area contributed by atoms with Crippen molar-refractivity contribution in [1.82, 2.24) is 0 Å². The lowest BCUT2D eigenvalue weighted by molar-refractivity contribution is 0.403. The molecule has 11 rings (SSSR count). The molecule has 5 aromatic rings. The van der Waals surface area contributed by atoms with Crippen LogP contribution in [0.3, 0.4) is 0 Å². The van der Waals surface area contributed by atoms with Gasteiger partial charge in [0.25, 0.3) is 0 Å². The zero-order chi connectivity index (χ0) is 36.7. The van der Waals surface area contributed by atoms with Gasteiger partial charge in [-0.2, -0.15) is 0 Å². The summed E-state index contributed by atoms with van der Waals surface area (Å²) in [7, 11) is 0. The predicted molar refractivity (Wildman–Crippen MR) is 230 cm³/mol. The largest absolute Gasteiger partial charge is 0.0839 e. The first-order valence-corrected chi connectivity index (χ1v) is 20.7. The summed E-state index contributed by atoms with van der Waals surface area (Å²) in [6.45, 7) is 4.93. The van der Waals surface area contributed by atoms with Crippen molar-refractivity contribution in [3.05, 3.63) is 220 Å². The van der Waals surface area contributed by atoms with Crippen LogP contribution in [0.25, 0.3) is 27.8 Å². The minimum absolute atomic E-state index is 0.139. The molecule has 4 unspecified atom stereocenters. The Kier molecular flexibility index (Phi) is 7.51. The highest BCUT2D eigenvalue weighted by molar-refractivity contribution is 5.96. The van der Waals surface area contributed by atoms with E-state index in [1.165, 1.54) is 72.3 Å². The van der Waals surface area contributed by atoms with E-state index in [2.05, 4.69) is 184 Å². The minimum atomic E-state index is -0.321. The highest BCUT2D eigenvalue weighted by Gasteiger charge is 2.52. The summed E-state index contributed by atoms with van der Waals surface area (Å²) in [6, 6.07) is 44.2. The number of allylic oxidation sites excluding steroid dienone is 12. The molecule has 0 N–H and O–H groups in total. The monoisotopic (exact) mass is 708 g/mol. The van der Waals surface area contributed by atoms with Crippen LogP contribution in [0.5, 0.6) is 0 Å². The first-order chi connectivity index (χ1) is 27.0. The summed E-state index contributed by atoms with van der Waals surface area (Å²) in [5, 5.41) is 0. The van der Waals surface area contributed by atoms with Crippen LogP contribution in [0.15, 0.2) is 181 Å². The number of hydrogen-bond donors (Lipinski definition) is 0. The lowest BCUT2D eigenvalue weighted by Crippen LogP contribution is -2.26. The van der Waals surface area contributed by atoms with E-state index in [4.69, 9.17) is 0 Å². The normalized spacial score (nSPS) is 23.2. The van der Waals surface area contributed by atoms with E-state index in [9.17, 15) is 0 Å². The molecule has 4 atom stereocenters. The van der Waals surface area contributed by atoms with Gasteiger partial charge in [-0.25, -0.2) is 0 Å². The SMILES string of the molecule is CC1(C)c2ccccc2C2=CC=C(CCC(C3=CCC(C4C=CC=CC4)C=C3)c3cccc4c3-c3ccccc3C43c4ccccc4-c4ccccc43)CC21. The molecule has 6 aliphatic rings. The molecule has 0 heteroatoms. The summed E-state index contributed by atoms with van der Waals surface area (Å²) >= 11 is 0. The second kappa shape index (κ2) is 12.5. The molecular weight excluding hydrogens is 661 g/mol. The van der Waals surface area contributed by atoms with E-state index >= 15 is 0 Å². The van der Waals surface area contributed by atoms with Crippen LogP contribution in [-0.4, -0.2) is 0 Å². The van der Waals surface area contributed by atoms with E-state index in [0.29, 0.717) is 23.7 Å². The van der Waals surface area contributed by atoms with Gasteiger partial charge in [-0.3, -0.25) is 0 Å². The van der Waals surface area contributed by atoms with Gasteiger partial charge in [0.1, 0.15) is 0 Å². The molecular formula is C55H48. The summed E-state index contributed by atoms with van der Waals surface area (Å²) in [5.74, 6) is 1.97. The standard InChI is InChI=1S/C55H48/c1-54(2)47-22-10-6-17-41(47)44-34-28-36(35-52(44)54)27-33-40(39-31-29-38(30-32-39)37-15-4-3-5-16-37)45-21-14-26-51-53(45)46-20-9-13-25-50(46)55(51)48-23-11-7-18-42(48)43-19-8-12-24-49(43)55/h3-15,17-26,28-29,31-32,34,37-38,40,52H,16,27,30,33,35H2,1-2H3. The molecule has 0 aromatic heterocycles. The Balaban J connectivity index is 1.03. The van der Waals surface area contributed by atoms with Crippen LogP contribution < -0.4 is 0 Å². The van der Waals surface area contributed by atoms with Crippen molar-refractivity contribution in [2.45, 2.75) is 62.7 Å². The highest BCUT2D eigenvalue weighted by Crippen LogP contribution is 2.64. The number of fused-ring (bicyclic) bond motifs is 13. The molecule has 268 valence electrons. The van der Waals surface area contributed by atoms with Gasteiger partial charge in [0.15, 0.2) is 0 Å². The first kappa shape index (κ1) is 32.9. The van der Waals surface area contributed by atoms with Gasteiger partial charge in [0.2, 0.25) is 0 Å². The Hall–Kier alpha value is -5.46. The molecule has 0 fully saturated rings. The van der Waals surface area contributed by atoms with Gasteiger partial charge in [0, 0.05) is 5.92 Å². The molecule has 55 heavy (non-hydrogen) atoms. The maximum atomic E-state index is 2.61. The van der Waals surface area contributed by atoms with Gasteiger partial charge in [-0.15, -0.1) is 0 Å². The van der Waals surface area contributed by atoms with Crippen molar-refractivity contribution in [2.24, 2.45) is 17.8 Å². The van der Waals surface area contributed by atoms with Gasteiger partial charge in [-0.05, 0) is 128 Å². The lowest BCUT2D eigenvalue weighted by atomic mass is 9.70. The third kappa shape index (κ3) is 4.77. The second-order valence-corrected chi connectivity index (χ2v) is 17.4. The summed E-state index contributed by atoms with van der Waals surface area (Å²) < 4.78 is 0. The van der Waals surface area contributed by atoms with Gasteiger partial charge in [0.05, 0.1) is 5.41 Å². The minimum Gasteiger partial charge on any atom is -0.0839 e. The molecule has 0 aliphatic heterocycles. The van der Waals surface area contributed by atoms with Crippen LogP contribution in [0, 0.1) is 17.8 Å². The first-order valence-electron chi connectivity index (χ1n) is 20.7. The fraction of sp³-hybridized carbons (Fsp3) is 0.236. The van der Waals surface area contributed by atoms with Crippen LogP contribution in [0.4, 0.5) is 0 Å². The van der Waals surface area contributed by atoms with E-state index in [-0.39, 0.29) is 10.8 Å². The maximum Gasteiger partial charge on any atom is 0.0725 e. The average Bonchev–Trinajstić information content (AvgIpc) is 3.80. The molecule has 0 saturated heterocycles. The fourth-order valence-corrected chi connectivity index (χ4v) is 11.8. The third-order valence-corrected chi connectivity index (χ3v) is 14.5. The van der Waals surface area contributed by atoms with Gasteiger partial charge in [-0.1, -0.05) is 189 Å². The fourth-order valence-electron chi connectivity index (χ4n) is 11.8. The van der Waals surface area contributed by atoms with Crippen LogP contribution in [-0.2, 0) is 10.8 Å².